The molecule has 26 heavy (non-hydrogen) atoms. The highest BCUT2D eigenvalue weighted by atomic mass is 19.4. The summed E-state index contributed by atoms with van der Waals surface area (Å²) in [4.78, 5) is 23.9. The van der Waals surface area contributed by atoms with Crippen LogP contribution in [0.2, 0.25) is 0 Å². The average molecular weight is 376 g/mol. The van der Waals surface area contributed by atoms with Crippen molar-refractivity contribution in [1.82, 2.24) is 20.8 Å². The maximum Gasteiger partial charge on any atom is 0.389 e. The van der Waals surface area contributed by atoms with Crippen molar-refractivity contribution in [2.75, 3.05) is 0 Å². The van der Waals surface area contributed by atoms with Gasteiger partial charge in [0.1, 0.15) is 0 Å². The molecule has 4 N–H and O–H groups in total. The van der Waals surface area contributed by atoms with Gasteiger partial charge in [0, 0.05) is 30.1 Å². The zero-order chi connectivity index (χ0) is 19.5. The number of alkyl halides is 3. The molecule has 1 aliphatic rings. The zero-order valence-corrected chi connectivity index (χ0v) is 14.6. The number of halogens is 3. The number of aromatic amines is 1. The number of aryl methyl sites for hydroxylation is 2. The van der Waals surface area contributed by atoms with E-state index in [1.165, 1.54) is 0 Å². The van der Waals surface area contributed by atoms with E-state index in [2.05, 4.69) is 20.8 Å². The number of nitrogens with zero attached hydrogens (tertiary/aromatic N) is 1. The van der Waals surface area contributed by atoms with Crippen molar-refractivity contribution in [3.05, 3.63) is 17.0 Å². The highest BCUT2D eigenvalue weighted by Gasteiger charge is 2.38. The summed E-state index contributed by atoms with van der Waals surface area (Å²) >= 11 is 0. The van der Waals surface area contributed by atoms with Crippen LogP contribution < -0.4 is 10.6 Å². The van der Waals surface area contributed by atoms with Crippen molar-refractivity contribution < 1.29 is 27.9 Å². The van der Waals surface area contributed by atoms with Gasteiger partial charge in [-0.2, -0.15) is 18.3 Å². The van der Waals surface area contributed by atoms with E-state index in [-0.39, 0.29) is 18.7 Å². The second-order valence-electron chi connectivity index (χ2n) is 6.66. The number of carbonyl (C=O) groups excluding carboxylic acids is 2. The van der Waals surface area contributed by atoms with Crippen molar-refractivity contribution in [3.8, 4) is 0 Å². The summed E-state index contributed by atoms with van der Waals surface area (Å²) in [6.45, 7) is 3.95. The molecule has 0 spiro atoms. The first-order valence-corrected chi connectivity index (χ1v) is 8.39. The summed E-state index contributed by atoms with van der Waals surface area (Å²) in [5, 5.41) is 22.0. The summed E-state index contributed by atoms with van der Waals surface area (Å²) in [7, 11) is 0. The Balaban J connectivity index is 1.81. The first-order chi connectivity index (χ1) is 12.1. The number of aliphatic hydroxyl groups excluding tert-OH is 1. The molecule has 0 aromatic carbocycles. The highest BCUT2D eigenvalue weighted by Crippen LogP contribution is 2.27. The van der Waals surface area contributed by atoms with E-state index in [1.54, 1.807) is 0 Å². The van der Waals surface area contributed by atoms with E-state index < -0.39 is 43.0 Å². The third-order valence-corrected chi connectivity index (χ3v) is 4.60. The minimum atomic E-state index is -4.41. The van der Waals surface area contributed by atoms with Crippen LogP contribution in [0, 0.1) is 19.8 Å². The molecule has 7 nitrogen and oxygen atoms in total. The largest absolute Gasteiger partial charge is 0.391 e. The molecule has 1 saturated carbocycles. The predicted molar refractivity (Wildman–Crippen MR) is 85.9 cm³/mol. The maximum atomic E-state index is 12.3. The molecule has 0 aliphatic heterocycles. The molecule has 2 rings (SSSR count). The first kappa shape index (κ1) is 20.2. The Labute approximate surface area is 148 Å². The number of H-pyrrole nitrogens is 1. The second kappa shape index (κ2) is 8.07. The van der Waals surface area contributed by atoms with Crippen molar-refractivity contribution in [1.29, 1.82) is 0 Å². The number of rotatable bonds is 6. The van der Waals surface area contributed by atoms with E-state index in [9.17, 15) is 27.9 Å². The fourth-order valence-corrected chi connectivity index (χ4v) is 3.07. The number of carbonyl (C=O) groups is 2. The molecule has 1 heterocycles. The molecule has 0 radical (unpaired) electrons. The molecule has 10 heteroatoms. The lowest BCUT2D eigenvalue weighted by Crippen LogP contribution is -2.40. The minimum Gasteiger partial charge on any atom is -0.391 e. The smallest absolute Gasteiger partial charge is 0.389 e. The number of aromatic nitrogens is 2. The van der Waals surface area contributed by atoms with Crippen LogP contribution in [0.4, 0.5) is 13.2 Å². The Bertz CT molecular complexity index is 640. The quantitative estimate of drug-likeness (QED) is 0.599. The van der Waals surface area contributed by atoms with Gasteiger partial charge in [0.25, 0.3) is 0 Å². The maximum absolute atomic E-state index is 12.3. The van der Waals surface area contributed by atoms with Gasteiger partial charge in [-0.25, -0.2) is 0 Å². The third-order valence-electron chi connectivity index (χ3n) is 4.60. The van der Waals surface area contributed by atoms with E-state index in [0.717, 1.165) is 17.0 Å². The van der Waals surface area contributed by atoms with E-state index in [0.29, 0.717) is 6.54 Å². The van der Waals surface area contributed by atoms with Crippen LogP contribution in [0.3, 0.4) is 0 Å². The van der Waals surface area contributed by atoms with Crippen molar-refractivity contribution in [3.63, 3.8) is 0 Å². The van der Waals surface area contributed by atoms with Gasteiger partial charge in [-0.15, -0.1) is 0 Å². The van der Waals surface area contributed by atoms with Crippen LogP contribution in [-0.4, -0.2) is 45.4 Å². The normalized spacial score (nSPS) is 23.1. The van der Waals surface area contributed by atoms with Gasteiger partial charge in [0.2, 0.25) is 11.8 Å². The van der Waals surface area contributed by atoms with Crippen LogP contribution in [0.5, 0.6) is 0 Å². The lowest BCUT2D eigenvalue weighted by atomic mass is 10.1. The molecule has 1 fully saturated rings. The molecule has 0 unspecified atom stereocenters. The Kier molecular flexibility index (Phi) is 6.27. The number of amides is 2. The van der Waals surface area contributed by atoms with Gasteiger partial charge >= 0.3 is 6.18 Å². The molecule has 1 aromatic rings. The molecular weight excluding hydrogens is 353 g/mol. The van der Waals surface area contributed by atoms with E-state index >= 15 is 0 Å². The molecular formula is C16H23F3N4O3. The summed E-state index contributed by atoms with van der Waals surface area (Å²) in [6.07, 6.45) is -6.93. The monoisotopic (exact) mass is 376 g/mol. The van der Waals surface area contributed by atoms with Crippen molar-refractivity contribution >= 4 is 11.8 Å². The second-order valence-corrected chi connectivity index (χ2v) is 6.66. The summed E-state index contributed by atoms with van der Waals surface area (Å²) in [5.74, 6) is -1.56. The fourth-order valence-electron chi connectivity index (χ4n) is 3.07. The van der Waals surface area contributed by atoms with Crippen molar-refractivity contribution in [2.24, 2.45) is 5.92 Å². The fraction of sp³-hybridized carbons (Fsp3) is 0.688. The number of aliphatic hydroxyl groups is 1. The topological polar surface area (TPSA) is 107 Å². The van der Waals surface area contributed by atoms with Crippen molar-refractivity contribution in [2.45, 2.75) is 64.4 Å². The average Bonchev–Trinajstić information content (AvgIpc) is 3.06. The van der Waals surface area contributed by atoms with Gasteiger partial charge in [0.15, 0.2) is 0 Å². The molecule has 146 valence electrons. The van der Waals surface area contributed by atoms with Crippen LogP contribution in [-0.2, 0) is 16.1 Å². The Hall–Kier alpha value is -2.10. The lowest BCUT2D eigenvalue weighted by Gasteiger charge is -2.16. The van der Waals surface area contributed by atoms with Crippen LogP contribution in [0.25, 0.3) is 0 Å². The van der Waals surface area contributed by atoms with Gasteiger partial charge in [-0.1, -0.05) is 0 Å². The van der Waals surface area contributed by atoms with E-state index in [4.69, 9.17) is 0 Å². The molecule has 1 aliphatic carbocycles. The standard InChI is InChI=1S/C16H23F3N4O3/c1-8-11(9(2)23-22-8)7-20-15(26)10-5-12(13(24)6-10)21-14(25)3-4-16(17,18)19/h10,12-13,24H,3-7H2,1-2H3,(H,20,26)(H,21,25)(H,22,23)/t10-,12-,13-/m0/s1. The summed E-state index contributed by atoms with van der Waals surface area (Å²) < 4.78 is 36.4. The van der Waals surface area contributed by atoms with Gasteiger partial charge in [-0.3, -0.25) is 14.7 Å². The van der Waals surface area contributed by atoms with E-state index in [1.807, 2.05) is 13.8 Å². The highest BCUT2D eigenvalue weighted by molar-refractivity contribution is 5.80. The first-order valence-electron chi connectivity index (χ1n) is 8.39. The number of nitrogens with one attached hydrogen (secondary N) is 3. The predicted octanol–water partition coefficient (Wildman–Crippen LogP) is 1.24. The molecule has 0 saturated heterocycles. The lowest BCUT2D eigenvalue weighted by molar-refractivity contribution is -0.144. The SMILES string of the molecule is Cc1n[nH]c(C)c1CNC(=O)[C@H]1C[C@H](NC(=O)CCC(F)(F)F)[C@@H](O)C1. The molecule has 1 aromatic heterocycles. The molecule has 0 bridgehead atoms. The van der Waals surface area contributed by atoms with Crippen LogP contribution >= 0.6 is 0 Å². The van der Waals surface area contributed by atoms with Gasteiger partial charge < -0.3 is 15.7 Å². The molecule has 3 atom stereocenters. The van der Waals surface area contributed by atoms with Crippen LogP contribution in [0.15, 0.2) is 0 Å². The Morgan fingerprint density at radius 3 is 2.58 bits per heavy atom. The summed E-state index contributed by atoms with van der Waals surface area (Å²) in [6, 6.07) is -0.719. The third kappa shape index (κ3) is 5.45. The summed E-state index contributed by atoms with van der Waals surface area (Å²) in [5.41, 5.74) is 2.52. The Morgan fingerprint density at radius 1 is 1.31 bits per heavy atom. The van der Waals surface area contributed by atoms with Gasteiger partial charge in [0.05, 0.1) is 24.3 Å². The zero-order valence-electron chi connectivity index (χ0n) is 14.6. The van der Waals surface area contributed by atoms with Gasteiger partial charge in [-0.05, 0) is 26.7 Å². The number of hydrogen-bond donors (Lipinski definition) is 4. The van der Waals surface area contributed by atoms with Crippen LogP contribution in [0.1, 0.15) is 42.6 Å². The number of hydrogen-bond acceptors (Lipinski definition) is 4. The minimum absolute atomic E-state index is 0.152. The Morgan fingerprint density at radius 2 is 2.00 bits per heavy atom. The molecule has 2 amide bonds.